The Hall–Kier alpha value is -2.00. The molecule has 1 aliphatic rings. The van der Waals surface area contributed by atoms with E-state index in [-0.39, 0.29) is 5.92 Å². The number of alkyl halides is 1. The van der Waals surface area contributed by atoms with Crippen LogP contribution in [-0.4, -0.2) is 51.4 Å². The lowest BCUT2D eigenvalue weighted by Crippen LogP contribution is -2.41. The first-order valence-corrected chi connectivity index (χ1v) is 10.8. The second kappa shape index (κ2) is 7.93. The van der Waals surface area contributed by atoms with Crippen molar-refractivity contribution in [1.82, 2.24) is 14.7 Å². The average molecular weight is 396 g/mol. The van der Waals surface area contributed by atoms with Gasteiger partial charge < -0.3 is 9.64 Å². The minimum atomic E-state index is -3.21. The van der Waals surface area contributed by atoms with Crippen LogP contribution in [0.5, 0.6) is 5.75 Å². The highest BCUT2D eigenvalue weighted by molar-refractivity contribution is 7.88. The van der Waals surface area contributed by atoms with Crippen molar-refractivity contribution in [3.63, 3.8) is 0 Å². The van der Waals surface area contributed by atoms with E-state index >= 15 is 0 Å². The van der Waals surface area contributed by atoms with Gasteiger partial charge in [-0.2, -0.15) is 0 Å². The summed E-state index contributed by atoms with van der Waals surface area (Å²) in [6, 6.07) is 3.49. The van der Waals surface area contributed by atoms with Crippen LogP contribution in [0.3, 0.4) is 0 Å². The molecule has 0 bridgehead atoms. The molecule has 0 aliphatic carbocycles. The Morgan fingerprint density at radius 2 is 2.19 bits per heavy atom. The van der Waals surface area contributed by atoms with Crippen LogP contribution >= 0.6 is 0 Å². The topological polar surface area (TPSA) is 84.4 Å². The maximum atomic E-state index is 14.1. The average Bonchev–Trinajstić information content (AvgIpc) is 2.64. The van der Waals surface area contributed by atoms with Gasteiger partial charge in [0.15, 0.2) is 0 Å². The summed E-state index contributed by atoms with van der Waals surface area (Å²) < 4.78 is 44.7. The van der Waals surface area contributed by atoms with E-state index in [1.54, 1.807) is 12.1 Å². The lowest BCUT2D eigenvalue weighted by molar-refractivity contribution is 0.347. The number of hydrogen-bond donors (Lipinski definition) is 1. The standard InChI is InChI=1S/C18H25FN4O3S/c1-12(19)14-7-15-16(8-17(14)26-2)20-11-21-18(15)23-6-4-5-13(10-23)9-22-27(3,24)25/h7-8,11-13,22H,4-6,9-10H2,1-3H3. The van der Waals surface area contributed by atoms with Gasteiger partial charge >= 0.3 is 0 Å². The zero-order valence-corrected chi connectivity index (χ0v) is 16.6. The number of aromatic nitrogens is 2. The zero-order chi connectivity index (χ0) is 19.6. The lowest BCUT2D eigenvalue weighted by atomic mass is 9.97. The number of ether oxygens (including phenoxy) is 1. The summed E-state index contributed by atoms with van der Waals surface area (Å²) in [5, 5.41) is 0.773. The molecule has 7 nitrogen and oxygen atoms in total. The van der Waals surface area contributed by atoms with Crippen LogP contribution in [0.25, 0.3) is 10.9 Å². The molecule has 1 N–H and O–H groups in total. The van der Waals surface area contributed by atoms with E-state index in [2.05, 4.69) is 19.6 Å². The Morgan fingerprint density at radius 3 is 2.85 bits per heavy atom. The van der Waals surface area contributed by atoms with Gasteiger partial charge in [0.2, 0.25) is 10.0 Å². The summed E-state index contributed by atoms with van der Waals surface area (Å²) in [4.78, 5) is 10.9. The van der Waals surface area contributed by atoms with Gasteiger partial charge in [-0.05, 0) is 31.7 Å². The smallest absolute Gasteiger partial charge is 0.208 e. The molecule has 148 valence electrons. The van der Waals surface area contributed by atoms with Crippen molar-refractivity contribution in [3.05, 3.63) is 24.0 Å². The van der Waals surface area contributed by atoms with E-state index in [0.29, 0.717) is 29.9 Å². The number of sulfonamides is 1. The lowest BCUT2D eigenvalue weighted by Gasteiger charge is -2.34. The molecule has 1 saturated heterocycles. The van der Waals surface area contributed by atoms with Crippen LogP contribution in [-0.2, 0) is 10.0 Å². The fourth-order valence-corrected chi connectivity index (χ4v) is 4.06. The van der Waals surface area contributed by atoms with Gasteiger partial charge in [0.05, 0.1) is 18.9 Å². The molecule has 1 aliphatic heterocycles. The highest BCUT2D eigenvalue weighted by Crippen LogP contribution is 2.35. The van der Waals surface area contributed by atoms with E-state index in [1.165, 1.54) is 26.6 Å². The summed E-state index contributed by atoms with van der Waals surface area (Å²) in [6.45, 7) is 3.37. The third-order valence-electron chi connectivity index (χ3n) is 4.85. The second-order valence-corrected chi connectivity index (χ2v) is 8.83. The van der Waals surface area contributed by atoms with Crippen LogP contribution in [0.4, 0.5) is 10.2 Å². The number of benzene rings is 1. The zero-order valence-electron chi connectivity index (χ0n) is 15.8. The Bertz CT molecular complexity index is 920. The third-order valence-corrected chi connectivity index (χ3v) is 5.54. The molecule has 1 aromatic heterocycles. The molecule has 2 aromatic rings. The summed E-state index contributed by atoms with van der Waals surface area (Å²) in [6.07, 6.45) is 3.37. The Morgan fingerprint density at radius 1 is 1.41 bits per heavy atom. The van der Waals surface area contributed by atoms with Gasteiger partial charge in [-0.25, -0.2) is 27.5 Å². The van der Waals surface area contributed by atoms with Crippen LogP contribution < -0.4 is 14.4 Å². The molecule has 2 unspecified atom stereocenters. The molecule has 1 aromatic carbocycles. The number of nitrogens with zero attached hydrogens (tertiary/aromatic N) is 3. The first kappa shape index (κ1) is 19.8. The van der Waals surface area contributed by atoms with Crippen molar-refractivity contribution in [1.29, 1.82) is 0 Å². The van der Waals surface area contributed by atoms with E-state index < -0.39 is 16.2 Å². The van der Waals surface area contributed by atoms with Gasteiger partial charge in [-0.3, -0.25) is 0 Å². The number of fused-ring (bicyclic) bond motifs is 1. The molecule has 3 rings (SSSR count). The number of halogens is 1. The summed E-state index contributed by atoms with van der Waals surface area (Å²) in [5.41, 5.74) is 1.16. The number of hydrogen-bond acceptors (Lipinski definition) is 6. The minimum Gasteiger partial charge on any atom is -0.496 e. The predicted octanol–water partition coefficient (Wildman–Crippen LogP) is 2.43. The van der Waals surface area contributed by atoms with Gasteiger partial charge in [0.25, 0.3) is 0 Å². The molecule has 0 spiro atoms. The molecule has 0 amide bonds. The normalized spacial score (nSPS) is 19.3. The number of nitrogens with one attached hydrogen (secondary N) is 1. The van der Waals surface area contributed by atoms with Crippen LogP contribution in [0.1, 0.15) is 31.5 Å². The maximum Gasteiger partial charge on any atom is 0.208 e. The highest BCUT2D eigenvalue weighted by Gasteiger charge is 2.24. The third kappa shape index (κ3) is 4.65. The fraction of sp³-hybridized carbons (Fsp3) is 0.556. The fourth-order valence-electron chi connectivity index (χ4n) is 3.52. The molecule has 9 heteroatoms. The van der Waals surface area contributed by atoms with Gasteiger partial charge in [-0.15, -0.1) is 0 Å². The predicted molar refractivity (Wildman–Crippen MR) is 103 cm³/mol. The monoisotopic (exact) mass is 396 g/mol. The van der Waals surface area contributed by atoms with Gasteiger partial charge in [0, 0.05) is 36.7 Å². The van der Waals surface area contributed by atoms with E-state index in [1.807, 2.05) is 0 Å². The van der Waals surface area contributed by atoms with Crippen molar-refractivity contribution in [2.75, 3.05) is 37.9 Å². The molecule has 0 saturated carbocycles. The van der Waals surface area contributed by atoms with Crippen LogP contribution in [0, 0.1) is 5.92 Å². The van der Waals surface area contributed by atoms with Crippen LogP contribution in [0.2, 0.25) is 0 Å². The van der Waals surface area contributed by atoms with Crippen LogP contribution in [0.15, 0.2) is 18.5 Å². The van der Waals surface area contributed by atoms with Crippen molar-refractivity contribution in [2.24, 2.45) is 5.92 Å². The Labute approximate surface area is 159 Å². The van der Waals surface area contributed by atoms with Crippen molar-refractivity contribution >= 4 is 26.7 Å². The minimum absolute atomic E-state index is 0.191. The summed E-state index contributed by atoms with van der Waals surface area (Å²) >= 11 is 0. The number of methoxy groups -OCH3 is 1. The summed E-state index contributed by atoms with van der Waals surface area (Å²) in [5.74, 6) is 1.40. The van der Waals surface area contributed by atoms with Crippen molar-refractivity contribution in [3.8, 4) is 5.75 Å². The molecule has 2 atom stereocenters. The molecule has 27 heavy (non-hydrogen) atoms. The maximum absolute atomic E-state index is 14.1. The van der Waals surface area contributed by atoms with Gasteiger partial charge in [0.1, 0.15) is 24.1 Å². The summed E-state index contributed by atoms with van der Waals surface area (Å²) in [7, 11) is -1.70. The Balaban J connectivity index is 1.92. The van der Waals surface area contributed by atoms with E-state index in [9.17, 15) is 12.8 Å². The van der Waals surface area contributed by atoms with Gasteiger partial charge in [-0.1, -0.05) is 0 Å². The SMILES string of the molecule is COc1cc2ncnc(N3CCCC(CNS(C)(=O)=O)C3)c2cc1C(C)F. The number of piperidine rings is 1. The highest BCUT2D eigenvalue weighted by atomic mass is 32.2. The molecule has 0 radical (unpaired) electrons. The molecule has 1 fully saturated rings. The van der Waals surface area contributed by atoms with Crippen molar-refractivity contribution in [2.45, 2.75) is 25.9 Å². The first-order valence-electron chi connectivity index (χ1n) is 8.94. The first-order chi connectivity index (χ1) is 12.8. The molecular formula is C18H25FN4O3S. The second-order valence-electron chi connectivity index (χ2n) is 7.00. The number of rotatable bonds is 6. The van der Waals surface area contributed by atoms with Crippen molar-refractivity contribution < 1.29 is 17.5 Å². The van der Waals surface area contributed by atoms with E-state index in [0.717, 1.165) is 30.6 Å². The Kier molecular flexibility index (Phi) is 5.81. The largest absolute Gasteiger partial charge is 0.496 e. The number of anilines is 1. The van der Waals surface area contributed by atoms with E-state index in [4.69, 9.17) is 4.74 Å². The molecule has 2 heterocycles. The quantitative estimate of drug-likeness (QED) is 0.807. The molecular weight excluding hydrogens is 371 g/mol.